The molecule has 26 valence electrons. The van der Waals surface area contributed by atoms with Gasteiger partial charge in [-0.15, -0.1) is 0 Å². The second-order valence-corrected chi connectivity index (χ2v) is 0.278. The maximum absolute atomic E-state index is 7.12. The fourth-order valence-electron chi connectivity index (χ4n) is 0. The molecule has 0 fully saturated rings. The molecule has 0 aromatic rings. The third-order valence-electron chi connectivity index (χ3n) is 0. The monoisotopic (exact) mass is 161 g/mol. The van der Waals surface area contributed by atoms with E-state index in [1.165, 1.54) is 4.97 Å². The van der Waals surface area contributed by atoms with Crippen molar-refractivity contribution in [2.75, 3.05) is 0 Å². The maximum atomic E-state index is 7.12. The minimum absolute atomic E-state index is 0. The first kappa shape index (κ1) is 23.0. The van der Waals surface area contributed by atoms with Crippen molar-refractivity contribution in [2.24, 2.45) is 0 Å². The normalized spacial score (nSPS) is 1.50. The van der Waals surface area contributed by atoms with Crippen LogP contribution < -0.4 is 0 Å². The van der Waals surface area contributed by atoms with Crippen molar-refractivity contribution in [1.29, 1.82) is 5.26 Å². The van der Waals surface area contributed by atoms with E-state index in [1.54, 1.807) is 0 Å². The Bertz CT molecular complexity index is 32.3. The second kappa shape index (κ2) is 24.5. The third-order valence-corrected chi connectivity index (χ3v) is 0. The minimum atomic E-state index is 0. The van der Waals surface area contributed by atoms with Gasteiger partial charge in [0.2, 0.25) is 0 Å². The first-order valence-electron chi connectivity index (χ1n) is 0.374. The van der Waals surface area contributed by atoms with Gasteiger partial charge < -0.3 is 0 Å². The molecule has 0 amide bonds. The van der Waals surface area contributed by atoms with Crippen LogP contribution in [0.25, 0.3) is 0 Å². The van der Waals surface area contributed by atoms with Crippen LogP contribution in [0.2, 0.25) is 0 Å². The fraction of sp³-hybridized carbons (Fsp3) is 0. The standard InChI is InChI=1S/CN.Cu.3Na.3H/c1-2;;;;;;;. The van der Waals surface area contributed by atoms with Crippen molar-refractivity contribution in [2.45, 2.75) is 0 Å². The molecule has 0 bridgehead atoms. The molecule has 5 heteroatoms. The molecule has 0 aliphatic rings. The van der Waals surface area contributed by atoms with Gasteiger partial charge in [-0.05, 0) is 0 Å². The molecule has 0 aliphatic carbocycles. The quantitative estimate of drug-likeness (QED) is 0.380. The molecule has 0 aliphatic heterocycles. The predicted octanol–water partition coefficient (Wildman–Crippen LogP) is -1.93. The van der Waals surface area contributed by atoms with Crippen LogP contribution in [-0.2, 0) is 16.0 Å². The van der Waals surface area contributed by atoms with Crippen LogP contribution in [0, 0.1) is 10.2 Å². The summed E-state index contributed by atoms with van der Waals surface area (Å²) in [6, 6.07) is 0. The van der Waals surface area contributed by atoms with Crippen LogP contribution in [0.5, 0.6) is 0 Å². The number of rotatable bonds is 0. The van der Waals surface area contributed by atoms with Gasteiger partial charge in [0, 0.05) is 0 Å². The van der Waals surface area contributed by atoms with Crippen LogP contribution >= 0.6 is 0 Å². The van der Waals surface area contributed by atoms with Crippen LogP contribution in [0.4, 0.5) is 0 Å². The summed E-state index contributed by atoms with van der Waals surface area (Å²) in [5.41, 5.74) is 0. The van der Waals surface area contributed by atoms with E-state index >= 15 is 0 Å². The summed E-state index contributed by atoms with van der Waals surface area (Å²) < 4.78 is 0. The number of nitriles is 1. The van der Waals surface area contributed by atoms with E-state index in [0.717, 1.165) is 0 Å². The Morgan fingerprint density at radius 3 is 1.17 bits per heavy atom. The summed E-state index contributed by atoms with van der Waals surface area (Å²) in [6.07, 6.45) is 0. The molecule has 0 aromatic heterocycles. The second-order valence-electron chi connectivity index (χ2n) is 0.0674. The van der Waals surface area contributed by atoms with E-state index in [4.69, 9.17) is 5.26 Å². The Morgan fingerprint density at radius 1 is 1.17 bits per heavy atom. The molecular weight excluding hydrogens is 159 g/mol. The van der Waals surface area contributed by atoms with Crippen LogP contribution in [-0.4, -0.2) is 88.7 Å². The Kier molecular flexibility index (Phi) is 94.0. The van der Waals surface area contributed by atoms with Crippen molar-refractivity contribution >= 4 is 88.7 Å². The number of nitrogens with zero attached hydrogens (tertiary/aromatic N) is 1. The predicted molar refractivity (Wildman–Crippen MR) is 27.1 cm³/mol. The SMILES string of the molecule is N#[C][Cu].[NaH].[NaH].[NaH]. The molecular formula is CH3CuNNa3. The van der Waals surface area contributed by atoms with Gasteiger partial charge in [-0.2, -0.15) is 0 Å². The first-order valence-corrected chi connectivity index (χ1v) is 0.845. The summed E-state index contributed by atoms with van der Waals surface area (Å²) >= 11 is 3.81. The number of hydrogen-bond acceptors (Lipinski definition) is 1. The van der Waals surface area contributed by atoms with Gasteiger partial charge in [0.15, 0.2) is 0 Å². The van der Waals surface area contributed by atoms with Gasteiger partial charge in [-0.3, -0.25) is 0 Å². The van der Waals surface area contributed by atoms with Crippen molar-refractivity contribution in [3.05, 3.63) is 0 Å². The molecule has 0 saturated carbocycles. The fourth-order valence-corrected chi connectivity index (χ4v) is 0. The Labute approximate surface area is 112 Å². The molecule has 0 saturated heterocycles. The van der Waals surface area contributed by atoms with Crippen LogP contribution in [0.1, 0.15) is 0 Å². The third kappa shape index (κ3) is 27.9. The first-order chi connectivity index (χ1) is 1.41. The molecule has 0 radical (unpaired) electrons. The molecule has 0 N–H and O–H groups in total. The van der Waals surface area contributed by atoms with Gasteiger partial charge in [0.1, 0.15) is 0 Å². The molecule has 1 nitrogen and oxygen atoms in total. The Morgan fingerprint density at radius 2 is 1.17 bits per heavy atom. The van der Waals surface area contributed by atoms with Crippen molar-refractivity contribution in [3.63, 3.8) is 0 Å². The summed E-state index contributed by atoms with van der Waals surface area (Å²) in [5.74, 6) is 0. The van der Waals surface area contributed by atoms with E-state index in [-0.39, 0.29) is 88.7 Å². The van der Waals surface area contributed by atoms with Crippen molar-refractivity contribution in [1.82, 2.24) is 0 Å². The Hall–Kier alpha value is 3.01. The molecule has 0 atom stereocenters. The van der Waals surface area contributed by atoms with E-state index in [2.05, 4.69) is 16.0 Å². The van der Waals surface area contributed by atoms with Crippen molar-refractivity contribution in [3.8, 4) is 4.97 Å². The summed E-state index contributed by atoms with van der Waals surface area (Å²) in [7, 11) is 0. The zero-order valence-electron chi connectivity index (χ0n) is 1.25. The zero-order valence-corrected chi connectivity index (χ0v) is 2.19. The van der Waals surface area contributed by atoms with Gasteiger partial charge >= 0.3 is 115 Å². The van der Waals surface area contributed by atoms with Crippen LogP contribution in [0.15, 0.2) is 0 Å². The Balaban J connectivity index is -0.00000000667. The van der Waals surface area contributed by atoms with Gasteiger partial charge in [-0.1, -0.05) is 0 Å². The molecule has 6 heavy (non-hydrogen) atoms. The summed E-state index contributed by atoms with van der Waals surface area (Å²) in [5, 5.41) is 7.12. The number of hydrogen-bond donors (Lipinski definition) is 0. The molecule has 0 aromatic carbocycles. The molecule has 0 heterocycles. The van der Waals surface area contributed by atoms with E-state index in [9.17, 15) is 0 Å². The van der Waals surface area contributed by atoms with Gasteiger partial charge in [-0.25, -0.2) is 0 Å². The summed E-state index contributed by atoms with van der Waals surface area (Å²) in [4.78, 5) is 1.31. The van der Waals surface area contributed by atoms with E-state index in [1.807, 2.05) is 0 Å². The average molecular weight is 162 g/mol. The topological polar surface area (TPSA) is 23.8 Å². The van der Waals surface area contributed by atoms with E-state index < -0.39 is 0 Å². The van der Waals surface area contributed by atoms with E-state index in [0.29, 0.717) is 0 Å². The van der Waals surface area contributed by atoms with Crippen molar-refractivity contribution < 1.29 is 16.0 Å². The van der Waals surface area contributed by atoms with Crippen LogP contribution in [0.3, 0.4) is 0 Å². The molecule has 0 unspecified atom stereocenters. The molecule has 0 rings (SSSR count). The van der Waals surface area contributed by atoms with Gasteiger partial charge in [0.05, 0.1) is 0 Å². The van der Waals surface area contributed by atoms with Gasteiger partial charge in [0.25, 0.3) is 0 Å². The average Bonchev–Trinajstić information content (AvgIpc) is 0.918. The molecule has 0 spiro atoms. The summed E-state index contributed by atoms with van der Waals surface area (Å²) in [6.45, 7) is 0. The zero-order chi connectivity index (χ0) is 2.71.